The lowest BCUT2D eigenvalue weighted by molar-refractivity contribution is 0.185. The van der Waals surface area contributed by atoms with Gasteiger partial charge in [-0.2, -0.15) is 0 Å². The number of hydrogen-bond donors (Lipinski definition) is 0. The van der Waals surface area contributed by atoms with Crippen molar-refractivity contribution in [2.75, 3.05) is 30.3 Å². The highest BCUT2D eigenvalue weighted by Gasteiger charge is 2.43. The van der Waals surface area contributed by atoms with Gasteiger partial charge in [0.25, 0.3) is 0 Å². The molecule has 3 aliphatic heterocycles. The quantitative estimate of drug-likeness (QED) is 0.742. The fourth-order valence-electron chi connectivity index (χ4n) is 5.16. The molecule has 3 aliphatic rings. The number of fused-ring (bicyclic) bond motifs is 3. The van der Waals surface area contributed by atoms with Gasteiger partial charge < -0.3 is 4.90 Å². The number of thioether (sulfide) groups is 1. The molecule has 2 aromatic rings. The minimum Gasteiger partial charge on any atom is -0.367 e. The molecular formula is C23H28N2S. The second kappa shape index (κ2) is 6.61. The maximum absolute atomic E-state index is 2.77. The van der Waals surface area contributed by atoms with Crippen LogP contribution in [0, 0.1) is 13.8 Å². The van der Waals surface area contributed by atoms with E-state index in [0.29, 0.717) is 5.92 Å². The Balaban J connectivity index is 1.42. The van der Waals surface area contributed by atoms with E-state index in [0.717, 1.165) is 12.6 Å². The van der Waals surface area contributed by atoms with E-state index in [1.54, 1.807) is 11.3 Å². The summed E-state index contributed by atoms with van der Waals surface area (Å²) in [6, 6.07) is 14.6. The maximum atomic E-state index is 2.77. The molecule has 0 aromatic heterocycles. The summed E-state index contributed by atoms with van der Waals surface area (Å²) >= 11 is 2.06. The highest BCUT2D eigenvalue weighted by Crippen LogP contribution is 2.50. The Morgan fingerprint density at radius 2 is 2.04 bits per heavy atom. The Labute approximate surface area is 161 Å². The normalized spacial score (nSPS) is 24.9. The molecule has 2 nitrogen and oxygen atoms in total. The maximum Gasteiger partial charge on any atom is 0.0543 e. The predicted octanol–water partition coefficient (Wildman–Crippen LogP) is 4.98. The van der Waals surface area contributed by atoms with Gasteiger partial charge in [0.1, 0.15) is 0 Å². The molecule has 0 unspecified atom stereocenters. The molecule has 1 saturated heterocycles. The Kier molecular flexibility index (Phi) is 4.25. The van der Waals surface area contributed by atoms with E-state index in [1.165, 1.54) is 59.8 Å². The molecule has 5 rings (SSSR count). The van der Waals surface area contributed by atoms with Crippen LogP contribution in [0.25, 0.3) is 0 Å². The lowest BCUT2D eigenvalue weighted by Crippen LogP contribution is -2.46. The van der Waals surface area contributed by atoms with Crippen LogP contribution >= 0.6 is 11.8 Å². The molecule has 26 heavy (non-hydrogen) atoms. The molecule has 136 valence electrons. The van der Waals surface area contributed by atoms with Gasteiger partial charge in [-0.15, -0.1) is 11.8 Å². The average Bonchev–Trinajstić information content (AvgIpc) is 2.80. The SMILES string of the molecule is Cc1ccc(C)c(CN2CC[C@@H]3[C@H](C2)c2cccc4c2N3CCCS4)c1. The van der Waals surface area contributed by atoms with Crippen LogP contribution in [0.2, 0.25) is 0 Å². The van der Waals surface area contributed by atoms with E-state index in [2.05, 4.69) is 71.8 Å². The van der Waals surface area contributed by atoms with Gasteiger partial charge in [0.15, 0.2) is 0 Å². The molecule has 0 bridgehead atoms. The molecule has 2 atom stereocenters. The standard InChI is InChI=1S/C23H28N2S/c1-16-7-8-17(2)18(13-16)14-24-11-9-21-20(15-24)19-5-3-6-22-23(19)25(21)10-4-12-26-22/h3,5-8,13,20-21H,4,9-12,14-15H2,1-2H3/t20-,21-/m1/s1. The first-order valence-electron chi connectivity index (χ1n) is 10.0. The van der Waals surface area contributed by atoms with Gasteiger partial charge in [0.05, 0.1) is 5.69 Å². The zero-order valence-corrected chi connectivity index (χ0v) is 16.7. The summed E-state index contributed by atoms with van der Waals surface area (Å²) in [6.45, 7) is 9.23. The third-order valence-corrected chi connectivity index (χ3v) is 7.61. The van der Waals surface area contributed by atoms with Gasteiger partial charge in [0, 0.05) is 43.0 Å². The van der Waals surface area contributed by atoms with Crippen LogP contribution in [0.4, 0.5) is 5.69 Å². The van der Waals surface area contributed by atoms with Crippen molar-refractivity contribution in [3.63, 3.8) is 0 Å². The lowest BCUT2D eigenvalue weighted by Gasteiger charge is -2.39. The van der Waals surface area contributed by atoms with Crippen molar-refractivity contribution in [1.82, 2.24) is 4.90 Å². The number of hydrogen-bond acceptors (Lipinski definition) is 3. The third-order valence-electron chi connectivity index (χ3n) is 6.48. The van der Waals surface area contributed by atoms with Gasteiger partial charge in [-0.1, -0.05) is 35.9 Å². The molecule has 0 saturated carbocycles. The first-order chi connectivity index (χ1) is 12.7. The Bertz CT molecular complexity index is 831. The van der Waals surface area contributed by atoms with E-state index in [4.69, 9.17) is 0 Å². The van der Waals surface area contributed by atoms with Crippen LogP contribution in [0.5, 0.6) is 0 Å². The number of aryl methyl sites for hydroxylation is 2. The lowest BCUT2D eigenvalue weighted by atomic mass is 9.88. The molecule has 0 aliphatic carbocycles. The average molecular weight is 365 g/mol. The number of rotatable bonds is 2. The van der Waals surface area contributed by atoms with Crippen molar-refractivity contribution in [3.8, 4) is 0 Å². The van der Waals surface area contributed by atoms with Crippen molar-refractivity contribution in [2.45, 2.75) is 50.1 Å². The molecule has 0 radical (unpaired) electrons. The fraction of sp³-hybridized carbons (Fsp3) is 0.478. The molecule has 1 fully saturated rings. The van der Waals surface area contributed by atoms with Crippen LogP contribution in [0.3, 0.4) is 0 Å². The highest BCUT2D eigenvalue weighted by molar-refractivity contribution is 7.99. The molecular weight excluding hydrogens is 336 g/mol. The third kappa shape index (κ3) is 2.76. The van der Waals surface area contributed by atoms with Crippen molar-refractivity contribution in [2.24, 2.45) is 0 Å². The number of piperidine rings is 1. The fourth-order valence-corrected chi connectivity index (χ4v) is 6.20. The number of para-hydroxylation sites is 1. The monoisotopic (exact) mass is 364 g/mol. The zero-order chi connectivity index (χ0) is 17.7. The van der Waals surface area contributed by atoms with Gasteiger partial charge in [-0.3, -0.25) is 4.90 Å². The Morgan fingerprint density at radius 1 is 1.12 bits per heavy atom. The van der Waals surface area contributed by atoms with E-state index in [1.807, 2.05) is 0 Å². The van der Waals surface area contributed by atoms with Crippen molar-refractivity contribution in [3.05, 3.63) is 58.7 Å². The minimum atomic E-state index is 0.683. The van der Waals surface area contributed by atoms with Gasteiger partial charge >= 0.3 is 0 Å². The summed E-state index contributed by atoms with van der Waals surface area (Å²) in [6.07, 6.45) is 2.61. The minimum absolute atomic E-state index is 0.683. The first-order valence-corrected chi connectivity index (χ1v) is 11.0. The number of likely N-dealkylation sites (tertiary alicyclic amines) is 1. The van der Waals surface area contributed by atoms with Gasteiger partial charge in [-0.05, 0) is 55.2 Å². The molecule has 3 heteroatoms. The van der Waals surface area contributed by atoms with Crippen LogP contribution in [0.15, 0.2) is 41.3 Å². The van der Waals surface area contributed by atoms with E-state index < -0.39 is 0 Å². The van der Waals surface area contributed by atoms with Crippen molar-refractivity contribution in [1.29, 1.82) is 0 Å². The second-order valence-electron chi connectivity index (χ2n) is 8.22. The molecule has 2 aromatic carbocycles. The second-order valence-corrected chi connectivity index (χ2v) is 9.35. The van der Waals surface area contributed by atoms with E-state index in [9.17, 15) is 0 Å². The molecule has 3 heterocycles. The molecule has 0 N–H and O–H groups in total. The van der Waals surface area contributed by atoms with E-state index >= 15 is 0 Å². The topological polar surface area (TPSA) is 6.48 Å². The summed E-state index contributed by atoms with van der Waals surface area (Å²) in [5, 5.41) is 0. The van der Waals surface area contributed by atoms with Crippen LogP contribution in [-0.4, -0.2) is 36.3 Å². The number of nitrogens with zero attached hydrogens (tertiary/aromatic N) is 2. The Morgan fingerprint density at radius 3 is 2.96 bits per heavy atom. The highest BCUT2D eigenvalue weighted by atomic mass is 32.2. The van der Waals surface area contributed by atoms with Gasteiger partial charge in [-0.25, -0.2) is 0 Å². The van der Waals surface area contributed by atoms with E-state index in [-0.39, 0.29) is 0 Å². The summed E-state index contributed by atoms with van der Waals surface area (Å²) in [7, 11) is 0. The molecule has 0 spiro atoms. The van der Waals surface area contributed by atoms with Gasteiger partial charge in [0.2, 0.25) is 0 Å². The summed E-state index contributed by atoms with van der Waals surface area (Å²) in [5.41, 5.74) is 7.51. The smallest absolute Gasteiger partial charge is 0.0543 e. The van der Waals surface area contributed by atoms with Crippen LogP contribution in [0.1, 0.15) is 41.0 Å². The first kappa shape index (κ1) is 16.7. The van der Waals surface area contributed by atoms with Crippen LogP contribution in [-0.2, 0) is 6.54 Å². The zero-order valence-electron chi connectivity index (χ0n) is 15.9. The Hall–Kier alpha value is -1.45. The summed E-state index contributed by atoms with van der Waals surface area (Å²) in [4.78, 5) is 6.99. The largest absolute Gasteiger partial charge is 0.367 e. The van der Waals surface area contributed by atoms with Crippen molar-refractivity contribution < 1.29 is 0 Å². The summed E-state index contributed by atoms with van der Waals surface area (Å²) in [5.74, 6) is 1.95. The summed E-state index contributed by atoms with van der Waals surface area (Å²) < 4.78 is 0. The van der Waals surface area contributed by atoms with Crippen LogP contribution < -0.4 is 4.90 Å². The number of anilines is 1. The molecule has 0 amide bonds. The number of benzene rings is 2. The predicted molar refractivity (Wildman–Crippen MR) is 111 cm³/mol. The van der Waals surface area contributed by atoms with Crippen molar-refractivity contribution >= 4 is 17.4 Å².